The number of nitrogens with zero attached hydrogens (tertiary/aromatic N) is 1. The molecule has 210 valence electrons. The van der Waals surface area contributed by atoms with Crippen LogP contribution in [0.5, 0.6) is 5.75 Å². The molecule has 1 aromatic heterocycles. The molecule has 1 unspecified atom stereocenters. The highest BCUT2D eigenvalue weighted by atomic mass is 31.2. The van der Waals surface area contributed by atoms with Gasteiger partial charge in [-0.1, -0.05) is 25.1 Å². The Hall–Kier alpha value is -2.90. The number of hydrogen-bond acceptors (Lipinski definition) is 10. The summed E-state index contributed by atoms with van der Waals surface area (Å²) in [6.45, 7) is 2.34. The smallest absolute Gasteiger partial charge is 0.380 e. The number of nitrogens with one attached hydrogen (secondary N) is 1. The number of aromatic nitrogens is 2. The van der Waals surface area contributed by atoms with Crippen LogP contribution in [0.1, 0.15) is 27.0 Å². The van der Waals surface area contributed by atoms with E-state index in [0.29, 0.717) is 10.8 Å². The molecule has 0 bridgehead atoms. The Morgan fingerprint density at radius 3 is 2.53 bits per heavy atom. The number of carbonyl (C=O) groups is 1. The summed E-state index contributed by atoms with van der Waals surface area (Å²) in [7, 11) is -4.18. The molecule has 1 aromatic carbocycles. The second kappa shape index (κ2) is 11.9. The number of aromatic amines is 1. The lowest BCUT2D eigenvalue weighted by Crippen LogP contribution is -2.51. The quantitative estimate of drug-likeness (QED) is 0.270. The van der Waals surface area contributed by atoms with Crippen molar-refractivity contribution >= 4 is 13.6 Å². The number of aliphatic hydroxyl groups is 2. The number of benzene rings is 1. The Labute approximate surface area is 215 Å². The van der Waals surface area contributed by atoms with Crippen LogP contribution in [-0.4, -0.2) is 69.1 Å². The van der Waals surface area contributed by atoms with Crippen LogP contribution in [0.15, 0.2) is 46.1 Å². The van der Waals surface area contributed by atoms with E-state index >= 15 is 0 Å². The van der Waals surface area contributed by atoms with Gasteiger partial charge >= 0.3 is 19.3 Å². The minimum atomic E-state index is -4.18. The summed E-state index contributed by atoms with van der Waals surface area (Å²) >= 11 is 0. The van der Waals surface area contributed by atoms with Crippen molar-refractivity contribution in [1.82, 2.24) is 9.55 Å². The summed E-state index contributed by atoms with van der Waals surface area (Å²) in [6, 6.07) is 7.87. The van der Waals surface area contributed by atoms with E-state index < -0.39 is 86.1 Å². The van der Waals surface area contributed by atoms with Gasteiger partial charge in [0.25, 0.3) is 5.56 Å². The van der Waals surface area contributed by atoms with E-state index in [1.54, 1.807) is 37.0 Å². The molecule has 38 heavy (non-hydrogen) atoms. The van der Waals surface area contributed by atoms with Gasteiger partial charge in [0.1, 0.15) is 24.6 Å². The number of alkyl halides is 1. The van der Waals surface area contributed by atoms with E-state index in [0.717, 1.165) is 0 Å². The van der Waals surface area contributed by atoms with Crippen LogP contribution < -0.4 is 15.8 Å². The second-order valence-corrected chi connectivity index (χ2v) is 11.1. The number of halogens is 2. The van der Waals surface area contributed by atoms with Crippen molar-refractivity contribution < 1.29 is 46.9 Å². The molecule has 2 heterocycles. The van der Waals surface area contributed by atoms with E-state index in [-0.39, 0.29) is 5.75 Å². The highest BCUT2D eigenvalue weighted by molar-refractivity contribution is 7.54. The van der Waals surface area contributed by atoms with E-state index in [1.165, 1.54) is 19.1 Å². The number of hydrogen-bond donors (Lipinski definition) is 3. The van der Waals surface area contributed by atoms with Gasteiger partial charge in [0, 0.05) is 0 Å². The first-order valence-corrected chi connectivity index (χ1v) is 13.3. The summed E-state index contributed by atoms with van der Waals surface area (Å²) in [5.74, 6) is -2.89. The molecule has 15 heteroatoms. The zero-order valence-corrected chi connectivity index (χ0v) is 21.7. The third kappa shape index (κ3) is 6.56. The highest BCUT2D eigenvalue weighted by Gasteiger charge is 2.57. The number of para-hydroxylation sites is 1. The molecule has 6 atom stereocenters. The van der Waals surface area contributed by atoms with Crippen molar-refractivity contribution in [3.05, 3.63) is 63.2 Å². The summed E-state index contributed by atoms with van der Waals surface area (Å²) in [6.07, 6.45) is -6.10. The lowest BCUT2D eigenvalue weighted by atomic mass is 9.95. The van der Waals surface area contributed by atoms with E-state index in [9.17, 15) is 37.9 Å². The van der Waals surface area contributed by atoms with Crippen LogP contribution in [-0.2, 0) is 23.4 Å². The normalized spacial score (nSPS) is 25.6. The molecule has 0 radical (unpaired) electrons. The number of esters is 1. The zero-order chi connectivity index (χ0) is 28.3. The summed E-state index contributed by atoms with van der Waals surface area (Å²) in [5.41, 5.74) is -5.35. The molecule has 12 nitrogen and oxygen atoms in total. The average Bonchev–Trinajstić information content (AvgIpc) is 3.10. The topological polar surface area (TPSA) is 166 Å². The number of ether oxygens (including phenoxy) is 2. The molecule has 1 aliphatic rings. The van der Waals surface area contributed by atoms with Gasteiger partial charge in [-0.15, -0.1) is 0 Å². The van der Waals surface area contributed by atoms with Crippen LogP contribution in [0, 0.1) is 11.7 Å². The first-order valence-electron chi connectivity index (χ1n) is 11.6. The van der Waals surface area contributed by atoms with E-state index in [4.69, 9.17) is 18.5 Å². The summed E-state index contributed by atoms with van der Waals surface area (Å²) in [5, 5.41) is 21.4. The van der Waals surface area contributed by atoms with Gasteiger partial charge in [-0.2, -0.15) is 4.39 Å². The third-order valence-corrected chi connectivity index (χ3v) is 7.69. The number of carbonyl (C=O) groups excluding carboxylic acids is 1. The molecule has 0 saturated carbocycles. The maximum absolute atomic E-state index is 13.9. The van der Waals surface area contributed by atoms with Crippen molar-refractivity contribution in [2.45, 2.75) is 50.9 Å². The fourth-order valence-electron chi connectivity index (χ4n) is 3.75. The predicted molar refractivity (Wildman–Crippen MR) is 128 cm³/mol. The Balaban J connectivity index is 1.85. The maximum Gasteiger partial charge on any atom is 0.380 e. The molecule has 1 aliphatic heterocycles. The van der Waals surface area contributed by atoms with E-state index in [2.05, 4.69) is 0 Å². The van der Waals surface area contributed by atoms with Crippen molar-refractivity contribution in [2.75, 3.05) is 19.4 Å². The fraction of sp³-hybridized carbons (Fsp3) is 0.522. The van der Waals surface area contributed by atoms with Crippen LogP contribution in [0.4, 0.5) is 8.78 Å². The van der Waals surface area contributed by atoms with Crippen LogP contribution >= 0.6 is 7.60 Å². The number of H-pyrrole nitrogens is 1. The van der Waals surface area contributed by atoms with Gasteiger partial charge in [-0.25, -0.2) is 13.8 Å². The monoisotopic (exact) mass is 562 g/mol. The highest BCUT2D eigenvalue weighted by Crippen LogP contribution is 2.51. The van der Waals surface area contributed by atoms with Crippen LogP contribution in [0.2, 0.25) is 0 Å². The average molecular weight is 562 g/mol. The zero-order valence-electron chi connectivity index (χ0n) is 20.8. The minimum absolute atomic E-state index is 0.140. The SMILES string of the molecule is CC(C)OC(=O)[C@H](C)C[P@](=O)(OC[C@H]1O[C@@H](n2cc(F)c(=O)[nH]c2=O)C(O)(CF)[C@H]1O)Oc1ccccc1. The fourth-order valence-corrected chi connectivity index (χ4v) is 5.62. The van der Waals surface area contributed by atoms with Gasteiger partial charge in [0.15, 0.2) is 11.8 Å². The van der Waals surface area contributed by atoms with Gasteiger partial charge in [0.2, 0.25) is 5.82 Å². The molecule has 2 aromatic rings. The van der Waals surface area contributed by atoms with Crippen molar-refractivity contribution in [2.24, 2.45) is 5.92 Å². The molecule has 1 fully saturated rings. The van der Waals surface area contributed by atoms with Crippen LogP contribution in [0.25, 0.3) is 0 Å². The van der Waals surface area contributed by atoms with Crippen molar-refractivity contribution in [3.8, 4) is 5.75 Å². The largest absolute Gasteiger partial charge is 0.463 e. The Bertz CT molecular complexity index is 1290. The third-order valence-electron chi connectivity index (χ3n) is 5.66. The lowest BCUT2D eigenvalue weighted by Gasteiger charge is -2.28. The van der Waals surface area contributed by atoms with Gasteiger partial charge < -0.3 is 24.2 Å². The molecule has 1 saturated heterocycles. The standard InChI is InChI=1S/C23H29F2N2O10P/c1-13(2)35-20(30)14(3)11-38(33,37-15-7-5-4-6-8-15)34-10-17-18(28)23(32,12-24)21(36-17)27-9-16(25)19(29)26-22(27)31/h4-9,13-14,17-18,21,28,32H,10-12H2,1-3H3,(H,26,29,31)/t14-,17-,18+,21-,23?,38+/m1/s1. The van der Waals surface area contributed by atoms with E-state index in [1.807, 2.05) is 0 Å². The lowest BCUT2D eigenvalue weighted by molar-refractivity contribution is -0.151. The Morgan fingerprint density at radius 2 is 1.92 bits per heavy atom. The molecular formula is C23H29F2N2O10P. The second-order valence-electron chi connectivity index (χ2n) is 9.12. The number of aliphatic hydroxyl groups excluding tert-OH is 1. The summed E-state index contributed by atoms with van der Waals surface area (Å²) in [4.78, 5) is 37.5. The molecule has 0 amide bonds. The van der Waals surface area contributed by atoms with Gasteiger partial charge in [-0.05, 0) is 26.0 Å². The molecule has 0 aliphatic carbocycles. The number of rotatable bonds is 11. The first kappa shape index (κ1) is 29.7. The first-order chi connectivity index (χ1) is 17.8. The van der Waals surface area contributed by atoms with Crippen molar-refractivity contribution in [3.63, 3.8) is 0 Å². The van der Waals surface area contributed by atoms with Gasteiger partial charge in [-0.3, -0.25) is 23.7 Å². The molecule has 3 N–H and O–H groups in total. The molecule has 0 spiro atoms. The molecular weight excluding hydrogens is 533 g/mol. The maximum atomic E-state index is 13.9. The summed E-state index contributed by atoms with van der Waals surface area (Å²) < 4.78 is 63.5. The molecule has 3 rings (SSSR count). The van der Waals surface area contributed by atoms with Crippen LogP contribution in [0.3, 0.4) is 0 Å². The van der Waals surface area contributed by atoms with Crippen molar-refractivity contribution in [1.29, 1.82) is 0 Å². The Morgan fingerprint density at radius 1 is 1.26 bits per heavy atom. The predicted octanol–water partition coefficient (Wildman–Crippen LogP) is 1.51. The Kier molecular flexibility index (Phi) is 9.26. The minimum Gasteiger partial charge on any atom is -0.463 e. The van der Waals surface area contributed by atoms with Gasteiger partial charge in [0.05, 0.1) is 31.0 Å².